The van der Waals surface area contributed by atoms with Crippen molar-refractivity contribution in [1.29, 1.82) is 0 Å². The Bertz CT molecular complexity index is 476. The molecule has 1 heterocycles. The molecule has 2 unspecified atom stereocenters. The highest BCUT2D eigenvalue weighted by molar-refractivity contribution is 5.79. The molecule has 6 nitrogen and oxygen atoms in total. The highest BCUT2D eigenvalue weighted by Gasteiger charge is 2.38. The number of carboxylic acids is 1. The average Bonchev–Trinajstić information content (AvgIpc) is 2.94. The van der Waals surface area contributed by atoms with Gasteiger partial charge in [-0.05, 0) is 12.1 Å². The first kappa shape index (κ1) is 14.3. The van der Waals surface area contributed by atoms with Crippen LogP contribution >= 0.6 is 0 Å². The van der Waals surface area contributed by atoms with E-state index in [-0.39, 0.29) is 25.7 Å². The number of ether oxygens (including phenoxy) is 2. The Morgan fingerprint density at radius 3 is 2.70 bits per heavy atom. The number of amides is 1. The maximum atomic E-state index is 12.0. The lowest BCUT2D eigenvalue weighted by Gasteiger charge is -2.26. The largest absolute Gasteiger partial charge is 0.484 e. The number of hydrogen-bond acceptors (Lipinski definition) is 4. The van der Waals surface area contributed by atoms with Crippen LogP contribution in [0.3, 0.4) is 0 Å². The van der Waals surface area contributed by atoms with E-state index in [1.807, 2.05) is 18.2 Å². The molecule has 0 aromatic heterocycles. The molecular weight excluding hydrogens is 262 g/mol. The van der Waals surface area contributed by atoms with Crippen LogP contribution < -0.4 is 4.74 Å². The smallest absolute Gasteiger partial charge is 0.311 e. The van der Waals surface area contributed by atoms with E-state index in [0.717, 1.165) is 0 Å². The van der Waals surface area contributed by atoms with Gasteiger partial charge in [0, 0.05) is 7.05 Å². The third-order valence-corrected chi connectivity index (χ3v) is 3.36. The standard InChI is InChI=1S/C14H17NO5/c1-15(12-8-19-7-11(12)14(17)18)13(16)9-20-10-5-3-2-4-6-10/h2-6,11-12H,7-9H2,1H3,(H,17,18). The molecule has 0 saturated carbocycles. The van der Waals surface area contributed by atoms with Crippen molar-refractivity contribution in [2.75, 3.05) is 26.9 Å². The molecule has 0 bridgehead atoms. The first-order valence-electron chi connectivity index (χ1n) is 6.33. The molecule has 0 spiro atoms. The van der Waals surface area contributed by atoms with Crippen molar-refractivity contribution >= 4 is 11.9 Å². The molecule has 1 aromatic carbocycles. The SMILES string of the molecule is CN(C(=O)COc1ccccc1)C1COCC1C(=O)O. The van der Waals surface area contributed by atoms with Gasteiger partial charge in [0.15, 0.2) is 6.61 Å². The Morgan fingerprint density at radius 1 is 1.35 bits per heavy atom. The Hall–Kier alpha value is -2.08. The van der Waals surface area contributed by atoms with E-state index >= 15 is 0 Å². The van der Waals surface area contributed by atoms with Crippen LogP contribution in [0.5, 0.6) is 5.75 Å². The molecule has 1 N–H and O–H groups in total. The second-order valence-corrected chi connectivity index (χ2v) is 4.66. The van der Waals surface area contributed by atoms with Gasteiger partial charge in [-0.1, -0.05) is 18.2 Å². The zero-order valence-electron chi connectivity index (χ0n) is 11.2. The molecule has 1 fully saturated rings. The van der Waals surface area contributed by atoms with E-state index < -0.39 is 17.9 Å². The highest BCUT2D eigenvalue weighted by Crippen LogP contribution is 2.19. The molecule has 108 valence electrons. The summed E-state index contributed by atoms with van der Waals surface area (Å²) in [7, 11) is 1.58. The Labute approximate surface area is 116 Å². The van der Waals surface area contributed by atoms with Crippen molar-refractivity contribution < 1.29 is 24.2 Å². The minimum absolute atomic E-state index is 0.122. The van der Waals surface area contributed by atoms with Gasteiger partial charge in [-0.25, -0.2) is 0 Å². The minimum atomic E-state index is -0.948. The predicted octanol–water partition coefficient (Wildman–Crippen LogP) is 0.623. The van der Waals surface area contributed by atoms with Crippen LogP contribution in [-0.2, 0) is 14.3 Å². The van der Waals surface area contributed by atoms with Crippen molar-refractivity contribution in [3.05, 3.63) is 30.3 Å². The highest BCUT2D eigenvalue weighted by atomic mass is 16.5. The maximum absolute atomic E-state index is 12.0. The number of benzene rings is 1. The van der Waals surface area contributed by atoms with Crippen LogP contribution in [0.4, 0.5) is 0 Å². The summed E-state index contributed by atoms with van der Waals surface area (Å²) in [5.41, 5.74) is 0. The van der Waals surface area contributed by atoms with E-state index in [4.69, 9.17) is 14.6 Å². The number of rotatable bonds is 5. The molecule has 0 aliphatic carbocycles. The molecule has 20 heavy (non-hydrogen) atoms. The van der Waals surface area contributed by atoms with Crippen molar-refractivity contribution in [3.8, 4) is 5.75 Å². The van der Waals surface area contributed by atoms with Crippen LogP contribution in [0, 0.1) is 5.92 Å². The van der Waals surface area contributed by atoms with Gasteiger partial charge in [0.2, 0.25) is 0 Å². The minimum Gasteiger partial charge on any atom is -0.484 e. The summed E-state index contributed by atoms with van der Waals surface area (Å²) in [5.74, 6) is -1.29. The lowest BCUT2D eigenvalue weighted by molar-refractivity contribution is -0.144. The molecule has 1 aromatic rings. The topological polar surface area (TPSA) is 76.1 Å². The first-order chi connectivity index (χ1) is 9.59. The number of nitrogens with zero attached hydrogens (tertiary/aromatic N) is 1. The van der Waals surface area contributed by atoms with E-state index in [1.54, 1.807) is 19.2 Å². The van der Waals surface area contributed by atoms with E-state index in [1.165, 1.54) is 4.90 Å². The summed E-state index contributed by atoms with van der Waals surface area (Å²) < 4.78 is 10.5. The number of carboxylic acid groups (broad SMARTS) is 1. The molecule has 1 amide bonds. The van der Waals surface area contributed by atoms with Gasteiger partial charge >= 0.3 is 5.97 Å². The predicted molar refractivity (Wildman–Crippen MR) is 70.4 cm³/mol. The molecule has 1 aliphatic rings. The third kappa shape index (κ3) is 3.27. The average molecular weight is 279 g/mol. The number of likely N-dealkylation sites (N-methyl/N-ethyl adjacent to an activating group) is 1. The summed E-state index contributed by atoms with van der Waals surface area (Å²) in [6, 6.07) is 8.55. The molecule has 1 saturated heterocycles. The Morgan fingerprint density at radius 2 is 2.05 bits per heavy atom. The van der Waals surface area contributed by atoms with Crippen LogP contribution in [-0.4, -0.2) is 54.8 Å². The summed E-state index contributed by atoms with van der Waals surface area (Å²) in [6.45, 7) is 0.255. The molecular formula is C14H17NO5. The van der Waals surface area contributed by atoms with Crippen LogP contribution in [0.2, 0.25) is 0 Å². The van der Waals surface area contributed by atoms with Crippen molar-refractivity contribution in [2.45, 2.75) is 6.04 Å². The van der Waals surface area contributed by atoms with E-state index in [2.05, 4.69) is 0 Å². The van der Waals surface area contributed by atoms with E-state index in [0.29, 0.717) is 5.75 Å². The van der Waals surface area contributed by atoms with Crippen molar-refractivity contribution in [2.24, 2.45) is 5.92 Å². The Balaban J connectivity index is 1.90. The van der Waals surface area contributed by atoms with Gasteiger partial charge in [-0.2, -0.15) is 0 Å². The fraction of sp³-hybridized carbons (Fsp3) is 0.429. The lowest BCUT2D eigenvalue weighted by atomic mass is 10.0. The molecule has 1 aliphatic heterocycles. The summed E-state index contributed by atoms with van der Waals surface area (Å²) in [5, 5.41) is 9.07. The van der Waals surface area contributed by atoms with Crippen molar-refractivity contribution in [3.63, 3.8) is 0 Å². The fourth-order valence-electron chi connectivity index (χ4n) is 2.11. The first-order valence-corrected chi connectivity index (χ1v) is 6.33. The van der Waals surface area contributed by atoms with Gasteiger partial charge in [0.05, 0.1) is 19.3 Å². The number of hydrogen-bond donors (Lipinski definition) is 1. The molecule has 2 atom stereocenters. The third-order valence-electron chi connectivity index (χ3n) is 3.36. The fourth-order valence-corrected chi connectivity index (χ4v) is 2.11. The summed E-state index contributed by atoms with van der Waals surface area (Å²) in [4.78, 5) is 24.5. The van der Waals surface area contributed by atoms with Gasteiger partial charge in [-0.15, -0.1) is 0 Å². The number of aliphatic carboxylic acids is 1. The van der Waals surface area contributed by atoms with Gasteiger partial charge in [0.25, 0.3) is 5.91 Å². The quantitative estimate of drug-likeness (QED) is 0.855. The second-order valence-electron chi connectivity index (χ2n) is 4.66. The molecule has 6 heteroatoms. The number of carbonyl (C=O) groups is 2. The lowest BCUT2D eigenvalue weighted by Crippen LogP contribution is -2.45. The van der Waals surface area contributed by atoms with E-state index in [9.17, 15) is 9.59 Å². The van der Waals surface area contributed by atoms with Crippen LogP contribution in [0.25, 0.3) is 0 Å². The van der Waals surface area contributed by atoms with Crippen molar-refractivity contribution in [1.82, 2.24) is 4.90 Å². The van der Waals surface area contributed by atoms with Gasteiger partial charge in [-0.3, -0.25) is 9.59 Å². The zero-order chi connectivity index (χ0) is 14.5. The van der Waals surface area contributed by atoms with Crippen LogP contribution in [0.15, 0.2) is 30.3 Å². The number of carbonyl (C=O) groups excluding carboxylic acids is 1. The van der Waals surface area contributed by atoms with Crippen LogP contribution in [0.1, 0.15) is 0 Å². The Kier molecular flexibility index (Phi) is 4.57. The summed E-state index contributed by atoms with van der Waals surface area (Å²) in [6.07, 6.45) is 0. The molecule has 2 rings (SSSR count). The zero-order valence-corrected chi connectivity index (χ0v) is 11.2. The summed E-state index contributed by atoms with van der Waals surface area (Å²) >= 11 is 0. The maximum Gasteiger partial charge on any atom is 0.311 e. The molecule has 0 radical (unpaired) electrons. The van der Waals surface area contributed by atoms with Gasteiger partial charge < -0.3 is 19.5 Å². The monoisotopic (exact) mass is 279 g/mol. The second kappa shape index (κ2) is 6.38. The van der Waals surface area contributed by atoms with Gasteiger partial charge in [0.1, 0.15) is 11.7 Å². The number of para-hydroxylation sites is 1. The normalized spacial score (nSPS) is 21.4.